The number of hydrogen-bond acceptors (Lipinski definition) is 4. The van der Waals surface area contributed by atoms with Crippen molar-refractivity contribution in [3.63, 3.8) is 0 Å². The fourth-order valence-corrected chi connectivity index (χ4v) is 4.59. The predicted octanol–water partition coefficient (Wildman–Crippen LogP) is 4.56. The van der Waals surface area contributed by atoms with E-state index in [1.165, 1.54) is 16.2 Å². The van der Waals surface area contributed by atoms with Crippen LogP contribution >= 0.6 is 11.3 Å². The molecule has 2 heterocycles. The first-order chi connectivity index (χ1) is 13.6. The summed E-state index contributed by atoms with van der Waals surface area (Å²) in [6.07, 6.45) is 2.13. The number of carbonyl (C=O) groups excluding carboxylic acids is 1. The van der Waals surface area contributed by atoms with Gasteiger partial charge in [-0.3, -0.25) is 4.79 Å². The summed E-state index contributed by atoms with van der Waals surface area (Å²) in [4.78, 5) is 31.8. The van der Waals surface area contributed by atoms with E-state index in [2.05, 4.69) is 4.98 Å². The third kappa shape index (κ3) is 3.55. The van der Waals surface area contributed by atoms with Gasteiger partial charge in [-0.1, -0.05) is 60.7 Å². The van der Waals surface area contributed by atoms with E-state index < -0.39 is 12.0 Å². The van der Waals surface area contributed by atoms with Gasteiger partial charge in [0.25, 0.3) is 5.91 Å². The second-order valence-corrected chi connectivity index (χ2v) is 7.78. The highest BCUT2D eigenvalue weighted by molar-refractivity contribution is 7.17. The van der Waals surface area contributed by atoms with Gasteiger partial charge in [-0.2, -0.15) is 0 Å². The Morgan fingerprint density at radius 1 is 0.964 bits per heavy atom. The number of rotatable bonds is 4. The van der Waals surface area contributed by atoms with Gasteiger partial charge in [-0.05, 0) is 24.8 Å². The molecule has 1 saturated heterocycles. The van der Waals surface area contributed by atoms with Crippen molar-refractivity contribution in [1.82, 2.24) is 9.88 Å². The average molecular weight is 392 g/mol. The number of piperidine rings is 1. The van der Waals surface area contributed by atoms with Crippen LogP contribution in [0.1, 0.15) is 29.1 Å². The minimum atomic E-state index is -0.948. The number of hydrogen-bond donors (Lipinski definition) is 1. The Morgan fingerprint density at radius 3 is 2.25 bits per heavy atom. The van der Waals surface area contributed by atoms with Crippen LogP contribution < -0.4 is 0 Å². The van der Waals surface area contributed by atoms with Gasteiger partial charge >= 0.3 is 5.97 Å². The van der Waals surface area contributed by atoms with E-state index in [1.54, 1.807) is 0 Å². The molecule has 28 heavy (non-hydrogen) atoms. The number of nitrogens with zero attached hydrogens (tertiary/aromatic N) is 2. The zero-order chi connectivity index (χ0) is 19.5. The molecule has 1 fully saturated rings. The van der Waals surface area contributed by atoms with Crippen LogP contribution in [0.5, 0.6) is 0 Å². The van der Waals surface area contributed by atoms with E-state index in [-0.39, 0.29) is 5.91 Å². The van der Waals surface area contributed by atoms with Crippen LogP contribution in [0.15, 0.2) is 60.7 Å². The summed E-state index contributed by atoms with van der Waals surface area (Å²) in [5.41, 5.74) is 2.68. The Hall–Kier alpha value is -2.99. The summed E-state index contributed by atoms with van der Waals surface area (Å²) >= 11 is 1.33. The lowest BCUT2D eigenvalue weighted by Crippen LogP contribution is -2.47. The molecule has 5 nitrogen and oxygen atoms in total. The number of benzene rings is 2. The maximum atomic E-state index is 13.2. The van der Waals surface area contributed by atoms with Crippen molar-refractivity contribution in [3.05, 3.63) is 65.7 Å². The van der Waals surface area contributed by atoms with Crippen molar-refractivity contribution in [3.8, 4) is 21.7 Å². The molecule has 1 amide bonds. The largest absolute Gasteiger partial charge is 0.480 e. The van der Waals surface area contributed by atoms with E-state index in [1.807, 2.05) is 60.7 Å². The molecular weight excluding hydrogens is 372 g/mol. The topological polar surface area (TPSA) is 70.5 Å². The van der Waals surface area contributed by atoms with Crippen LogP contribution in [0.25, 0.3) is 21.7 Å². The summed E-state index contributed by atoms with van der Waals surface area (Å²) in [5.74, 6) is -1.24. The molecule has 0 saturated carbocycles. The maximum absolute atomic E-state index is 13.2. The monoisotopic (exact) mass is 392 g/mol. The Kier molecular flexibility index (Phi) is 5.21. The number of aromatic nitrogens is 1. The normalized spacial score (nSPS) is 16.7. The van der Waals surface area contributed by atoms with Gasteiger partial charge in [-0.15, -0.1) is 11.3 Å². The molecule has 0 spiro atoms. The van der Waals surface area contributed by atoms with Crippen LogP contribution in [0.2, 0.25) is 0 Å². The van der Waals surface area contributed by atoms with E-state index in [0.29, 0.717) is 18.0 Å². The van der Waals surface area contributed by atoms with Crippen LogP contribution in [-0.2, 0) is 4.79 Å². The Morgan fingerprint density at radius 2 is 1.61 bits per heavy atom. The van der Waals surface area contributed by atoms with Gasteiger partial charge in [0.1, 0.15) is 6.04 Å². The quantitative estimate of drug-likeness (QED) is 0.707. The number of likely N-dealkylation sites (tertiary alicyclic amines) is 1. The molecule has 142 valence electrons. The molecule has 1 aromatic heterocycles. The summed E-state index contributed by atoms with van der Waals surface area (Å²) < 4.78 is 0. The smallest absolute Gasteiger partial charge is 0.326 e. The molecule has 4 rings (SSSR count). The lowest BCUT2D eigenvalue weighted by atomic mass is 10.0. The molecular formula is C22H20N2O3S. The molecule has 3 aromatic rings. The van der Waals surface area contributed by atoms with E-state index in [0.717, 1.165) is 34.5 Å². The van der Waals surface area contributed by atoms with Gasteiger partial charge in [0.2, 0.25) is 0 Å². The number of carbonyl (C=O) groups is 2. The number of aliphatic carboxylic acids is 1. The van der Waals surface area contributed by atoms with Gasteiger partial charge in [0.05, 0.1) is 10.6 Å². The number of amides is 1. The maximum Gasteiger partial charge on any atom is 0.326 e. The minimum Gasteiger partial charge on any atom is -0.480 e. The summed E-state index contributed by atoms with van der Waals surface area (Å²) in [6.45, 7) is 0.455. The zero-order valence-electron chi connectivity index (χ0n) is 15.2. The van der Waals surface area contributed by atoms with Crippen LogP contribution in [-0.4, -0.2) is 39.5 Å². The van der Waals surface area contributed by atoms with Gasteiger partial charge in [0, 0.05) is 12.1 Å². The molecule has 2 aromatic carbocycles. The van der Waals surface area contributed by atoms with E-state index in [4.69, 9.17) is 0 Å². The third-order valence-corrected chi connectivity index (χ3v) is 6.03. The van der Waals surface area contributed by atoms with Crippen LogP contribution in [0.4, 0.5) is 0 Å². The van der Waals surface area contributed by atoms with Crippen molar-refractivity contribution < 1.29 is 14.7 Å². The lowest BCUT2D eigenvalue weighted by Gasteiger charge is -2.32. The van der Waals surface area contributed by atoms with E-state index >= 15 is 0 Å². The SMILES string of the molecule is O=C(O)[C@@H]1CCCCN1C(=O)c1nc(-c2ccccc2)c(-c2ccccc2)s1. The highest BCUT2D eigenvalue weighted by Crippen LogP contribution is 2.37. The van der Waals surface area contributed by atoms with Crippen molar-refractivity contribution in [2.45, 2.75) is 25.3 Å². The fraction of sp³-hybridized carbons (Fsp3) is 0.227. The Balaban J connectivity index is 1.77. The Labute approximate surface area is 167 Å². The molecule has 1 atom stereocenters. The first-order valence-electron chi connectivity index (χ1n) is 9.30. The van der Waals surface area contributed by atoms with Gasteiger partial charge in [0.15, 0.2) is 5.01 Å². The third-order valence-electron chi connectivity index (χ3n) is 4.94. The Bertz CT molecular complexity index is 929. The summed E-state index contributed by atoms with van der Waals surface area (Å²) in [7, 11) is 0. The van der Waals surface area contributed by atoms with Crippen molar-refractivity contribution >= 4 is 23.2 Å². The van der Waals surface area contributed by atoms with Crippen LogP contribution in [0, 0.1) is 0 Å². The molecule has 0 aliphatic carbocycles. The zero-order valence-corrected chi connectivity index (χ0v) is 16.1. The van der Waals surface area contributed by atoms with Crippen LogP contribution in [0.3, 0.4) is 0 Å². The van der Waals surface area contributed by atoms with Crippen molar-refractivity contribution in [1.29, 1.82) is 0 Å². The molecule has 1 N–H and O–H groups in total. The predicted molar refractivity (Wildman–Crippen MR) is 109 cm³/mol. The number of thiazole rings is 1. The number of carboxylic acid groups (broad SMARTS) is 1. The molecule has 1 aliphatic rings. The second kappa shape index (κ2) is 7.94. The van der Waals surface area contributed by atoms with Crippen molar-refractivity contribution in [2.75, 3.05) is 6.54 Å². The molecule has 0 bridgehead atoms. The summed E-state index contributed by atoms with van der Waals surface area (Å²) in [5, 5.41) is 9.85. The number of carboxylic acids is 1. The standard InChI is InChI=1S/C22H20N2O3S/c25-21(24-14-8-7-13-17(24)22(26)27)20-23-18(15-9-3-1-4-10-15)19(28-20)16-11-5-2-6-12-16/h1-6,9-12,17H,7-8,13-14H2,(H,26,27)/t17-/m0/s1. The molecule has 0 unspecified atom stereocenters. The highest BCUT2D eigenvalue weighted by Gasteiger charge is 2.34. The van der Waals surface area contributed by atoms with Crippen molar-refractivity contribution in [2.24, 2.45) is 0 Å². The minimum absolute atomic E-state index is 0.295. The molecule has 0 radical (unpaired) electrons. The van der Waals surface area contributed by atoms with E-state index in [9.17, 15) is 14.7 Å². The summed E-state index contributed by atoms with van der Waals surface area (Å²) in [6, 6.07) is 18.8. The fourth-order valence-electron chi connectivity index (χ4n) is 3.54. The average Bonchev–Trinajstić information content (AvgIpc) is 3.20. The first-order valence-corrected chi connectivity index (χ1v) is 10.1. The lowest BCUT2D eigenvalue weighted by molar-refractivity contribution is -0.143. The first kappa shape index (κ1) is 18.4. The molecule has 1 aliphatic heterocycles. The second-order valence-electron chi connectivity index (χ2n) is 6.78. The van der Waals surface area contributed by atoms with Gasteiger partial charge < -0.3 is 10.0 Å². The highest BCUT2D eigenvalue weighted by atomic mass is 32.1. The molecule has 6 heteroatoms. The van der Waals surface area contributed by atoms with Gasteiger partial charge in [-0.25, -0.2) is 9.78 Å².